The molecule has 4 aromatic carbocycles. The number of aliphatic hydroxyl groups is 2. The maximum atomic E-state index is 11.9. The van der Waals surface area contributed by atoms with Crippen LogP contribution in [0.2, 0.25) is 0 Å². The average Bonchev–Trinajstić information content (AvgIpc) is 3.10. The normalized spacial score (nSPS) is 14.0. The van der Waals surface area contributed by atoms with Crippen molar-refractivity contribution in [3.8, 4) is 22.3 Å². The Labute approximate surface area is 303 Å². The fourth-order valence-electron chi connectivity index (χ4n) is 6.90. The molecular formula is C42H54N2O3S2. The monoisotopic (exact) mass is 698 g/mol. The number of nitrogens with one attached hydrogen (secondary N) is 1. The summed E-state index contributed by atoms with van der Waals surface area (Å²) in [6.07, 6.45) is 10.4. The number of fused-ring (bicyclic) bond motifs is 3. The number of hydrogen-bond donors (Lipinski definition) is 3. The molecule has 262 valence electrons. The lowest BCUT2D eigenvalue weighted by Crippen LogP contribution is -2.22. The lowest BCUT2D eigenvalue weighted by atomic mass is 9.81. The zero-order valence-corrected chi connectivity index (χ0v) is 32.2. The van der Waals surface area contributed by atoms with Crippen LogP contribution in [-0.4, -0.2) is 35.5 Å². The predicted octanol–water partition coefficient (Wildman–Crippen LogP) is 10.8. The first-order valence-corrected chi connectivity index (χ1v) is 19.3. The van der Waals surface area contributed by atoms with Crippen molar-refractivity contribution in [2.75, 3.05) is 22.4 Å². The summed E-state index contributed by atoms with van der Waals surface area (Å²) in [6, 6.07) is 24.7. The third kappa shape index (κ3) is 9.72. The molecule has 3 N–H and O–H groups in total. The van der Waals surface area contributed by atoms with E-state index in [9.17, 15) is 4.79 Å². The fraction of sp³-hybridized carbons (Fsp3) is 0.405. The van der Waals surface area contributed by atoms with Gasteiger partial charge in [0, 0.05) is 35.9 Å². The van der Waals surface area contributed by atoms with Crippen LogP contribution in [0.25, 0.3) is 22.3 Å². The highest BCUT2D eigenvalue weighted by Gasteiger charge is 2.30. The molecule has 0 bridgehead atoms. The molecule has 1 saturated carbocycles. The third-order valence-corrected chi connectivity index (χ3v) is 10.7. The third-order valence-electron chi connectivity index (χ3n) is 9.13. The van der Waals surface area contributed by atoms with Gasteiger partial charge in [-0.1, -0.05) is 79.2 Å². The zero-order chi connectivity index (χ0) is 35.7. The van der Waals surface area contributed by atoms with E-state index in [-0.39, 0.29) is 0 Å². The molecule has 2 aliphatic rings. The number of anilines is 2. The summed E-state index contributed by atoms with van der Waals surface area (Å²) in [5.74, 6) is 0.732. The van der Waals surface area contributed by atoms with Crippen molar-refractivity contribution in [1.29, 1.82) is 0 Å². The molecule has 6 rings (SSSR count). The highest BCUT2D eigenvalue weighted by molar-refractivity contribution is 8.00. The number of hydrogen-bond acceptors (Lipinski definition) is 7. The molecule has 0 spiro atoms. The minimum absolute atomic E-state index is 0.413. The molecule has 0 radical (unpaired) electrons. The molecular weight excluding hydrogens is 645 g/mol. The molecule has 5 nitrogen and oxygen atoms in total. The molecule has 1 fully saturated rings. The summed E-state index contributed by atoms with van der Waals surface area (Å²) in [5.41, 5.74) is 14.4. The quantitative estimate of drug-likeness (QED) is 0.125. The van der Waals surface area contributed by atoms with Gasteiger partial charge in [0.15, 0.2) is 0 Å². The average molecular weight is 699 g/mol. The van der Waals surface area contributed by atoms with E-state index in [2.05, 4.69) is 103 Å². The Balaban J connectivity index is 0.000000710. The Morgan fingerprint density at radius 1 is 0.878 bits per heavy atom. The summed E-state index contributed by atoms with van der Waals surface area (Å²) in [4.78, 5) is 13.1. The van der Waals surface area contributed by atoms with E-state index in [1.54, 1.807) is 44.7 Å². The van der Waals surface area contributed by atoms with Crippen LogP contribution >= 0.6 is 23.9 Å². The number of aryl methyl sites for hydroxylation is 1. The van der Waals surface area contributed by atoms with Crippen molar-refractivity contribution in [3.63, 3.8) is 0 Å². The Hall–Kier alpha value is -3.23. The molecule has 1 heterocycles. The van der Waals surface area contributed by atoms with Gasteiger partial charge < -0.3 is 24.0 Å². The molecule has 0 atom stereocenters. The van der Waals surface area contributed by atoms with Gasteiger partial charge in [0.1, 0.15) is 6.29 Å². The van der Waals surface area contributed by atoms with Crippen LogP contribution in [0.3, 0.4) is 0 Å². The largest absolute Gasteiger partial charge is 0.400 e. The smallest absolute Gasteiger partial charge is 0.124 e. The summed E-state index contributed by atoms with van der Waals surface area (Å²) in [6.45, 7) is 12.6. The molecule has 0 unspecified atom stereocenters. The van der Waals surface area contributed by atoms with Gasteiger partial charge in [-0.25, -0.2) is 0 Å². The van der Waals surface area contributed by atoms with Crippen molar-refractivity contribution >= 4 is 41.6 Å². The second-order valence-electron chi connectivity index (χ2n) is 13.9. The molecule has 1 aliphatic heterocycles. The standard InChI is InChI=1S/C37H40N2OS2.C4H10O.CH4O/c1-24-10-12-29(13-11-24)35-26(3)36-34-22-31(38-42-32-18-15-28(16-19-32)27-8-6-5-7-9-27)17-14-30(34)23-39(41-4)37(36)25(2)33(35)20-21-40;1-4(2,3)5;1-2/h10-19,21-22,27,38H,5-9,20,23H2,1-4H3;5H,1-3H3;2H,1H3. The summed E-state index contributed by atoms with van der Waals surface area (Å²) >= 11 is 3.43. The van der Waals surface area contributed by atoms with Gasteiger partial charge in [-0.05, 0) is 141 Å². The van der Waals surface area contributed by atoms with E-state index in [1.165, 1.54) is 92.8 Å². The first-order valence-electron chi connectivity index (χ1n) is 17.3. The van der Waals surface area contributed by atoms with E-state index in [0.29, 0.717) is 6.42 Å². The number of benzene rings is 4. The lowest BCUT2D eigenvalue weighted by Gasteiger charge is -2.36. The van der Waals surface area contributed by atoms with Gasteiger partial charge >= 0.3 is 0 Å². The van der Waals surface area contributed by atoms with Crippen LogP contribution in [0.4, 0.5) is 11.4 Å². The first-order chi connectivity index (χ1) is 23.5. The highest BCUT2D eigenvalue weighted by atomic mass is 32.2. The van der Waals surface area contributed by atoms with E-state index >= 15 is 0 Å². The van der Waals surface area contributed by atoms with Gasteiger partial charge in [-0.15, -0.1) is 0 Å². The van der Waals surface area contributed by atoms with Crippen LogP contribution in [0, 0.1) is 20.8 Å². The van der Waals surface area contributed by atoms with Crippen molar-refractivity contribution in [2.24, 2.45) is 0 Å². The number of aldehydes is 1. The van der Waals surface area contributed by atoms with Crippen molar-refractivity contribution in [3.05, 3.63) is 100 Å². The van der Waals surface area contributed by atoms with Crippen molar-refractivity contribution in [2.45, 2.75) is 103 Å². The second kappa shape index (κ2) is 17.6. The van der Waals surface area contributed by atoms with E-state index in [1.807, 2.05) is 0 Å². The summed E-state index contributed by atoms with van der Waals surface area (Å²) < 4.78 is 6.03. The molecule has 4 aromatic rings. The molecule has 0 aromatic heterocycles. The van der Waals surface area contributed by atoms with Crippen LogP contribution in [-0.2, 0) is 17.8 Å². The van der Waals surface area contributed by atoms with Crippen molar-refractivity contribution < 1.29 is 15.0 Å². The second-order valence-corrected chi connectivity index (χ2v) is 15.6. The van der Waals surface area contributed by atoms with Crippen molar-refractivity contribution in [1.82, 2.24) is 0 Å². The minimum Gasteiger partial charge on any atom is -0.400 e. The maximum Gasteiger partial charge on any atom is 0.124 e. The van der Waals surface area contributed by atoms with Gasteiger partial charge in [0.2, 0.25) is 0 Å². The number of aliphatic hydroxyl groups excluding tert-OH is 1. The number of carbonyl (C=O) groups excluding carboxylic acids is 1. The highest BCUT2D eigenvalue weighted by Crippen LogP contribution is 2.50. The molecule has 7 heteroatoms. The SMILES string of the molecule is CC(C)(C)O.CO.CSN1Cc2ccc(NSc3ccc(C4CCCCC4)cc3)cc2-c2c(C)c(-c3ccc(C)cc3)c(CC=O)c(C)c21. The Bertz CT molecular complexity index is 1680. The van der Waals surface area contributed by atoms with Crippen LogP contribution < -0.4 is 9.03 Å². The van der Waals surface area contributed by atoms with Crippen LogP contribution in [0.15, 0.2) is 71.6 Å². The van der Waals surface area contributed by atoms with Gasteiger partial charge in [-0.3, -0.25) is 0 Å². The van der Waals surface area contributed by atoms with Gasteiger partial charge in [-0.2, -0.15) is 0 Å². The number of rotatable bonds is 8. The van der Waals surface area contributed by atoms with Gasteiger partial charge in [0.25, 0.3) is 0 Å². The van der Waals surface area contributed by atoms with E-state index in [4.69, 9.17) is 10.2 Å². The summed E-state index contributed by atoms with van der Waals surface area (Å²) in [7, 11) is 1.00. The van der Waals surface area contributed by atoms with E-state index < -0.39 is 5.60 Å². The Morgan fingerprint density at radius 2 is 1.51 bits per heavy atom. The fourth-order valence-corrected chi connectivity index (χ4v) is 8.21. The molecule has 0 amide bonds. The molecule has 1 aliphatic carbocycles. The van der Waals surface area contributed by atoms with Crippen LogP contribution in [0.1, 0.15) is 92.2 Å². The topological polar surface area (TPSA) is 72.8 Å². The maximum absolute atomic E-state index is 11.9. The van der Waals surface area contributed by atoms with Gasteiger partial charge in [0.05, 0.1) is 17.8 Å². The Morgan fingerprint density at radius 3 is 2.10 bits per heavy atom. The lowest BCUT2D eigenvalue weighted by molar-refractivity contribution is -0.107. The van der Waals surface area contributed by atoms with E-state index in [0.717, 1.165) is 37.1 Å². The zero-order valence-electron chi connectivity index (χ0n) is 30.5. The molecule has 0 saturated heterocycles. The molecule has 49 heavy (non-hydrogen) atoms. The number of nitrogens with zero attached hydrogens (tertiary/aromatic N) is 1. The van der Waals surface area contributed by atoms with Crippen LogP contribution in [0.5, 0.6) is 0 Å². The Kier molecular flexibility index (Phi) is 13.9. The minimum atomic E-state index is -0.500. The first kappa shape index (κ1) is 38.6. The summed E-state index contributed by atoms with van der Waals surface area (Å²) in [5, 5.41) is 15.5. The number of carbonyl (C=O) groups is 1. The predicted molar refractivity (Wildman–Crippen MR) is 213 cm³/mol.